The zero-order valence-electron chi connectivity index (χ0n) is 13.4. The summed E-state index contributed by atoms with van der Waals surface area (Å²) in [5.41, 5.74) is 2.21. The van der Waals surface area contributed by atoms with E-state index in [-0.39, 0.29) is 5.91 Å². The second kappa shape index (κ2) is 7.48. The summed E-state index contributed by atoms with van der Waals surface area (Å²) < 4.78 is 5.85. The Labute approximate surface area is 128 Å². The molecule has 1 atom stereocenters. The molecule has 0 aromatic heterocycles. The van der Waals surface area contributed by atoms with E-state index in [9.17, 15) is 4.79 Å². The number of amides is 1. The van der Waals surface area contributed by atoms with Crippen LogP contribution in [0.2, 0.25) is 0 Å². The Morgan fingerprint density at radius 1 is 1.19 bits per heavy atom. The van der Waals surface area contributed by atoms with E-state index in [0.29, 0.717) is 6.04 Å². The summed E-state index contributed by atoms with van der Waals surface area (Å²) in [6.45, 7) is 5.86. The summed E-state index contributed by atoms with van der Waals surface area (Å²) in [6.07, 6.45) is 6.77. The Kier molecular flexibility index (Phi) is 5.66. The Morgan fingerprint density at radius 2 is 1.86 bits per heavy atom. The van der Waals surface area contributed by atoms with Crippen LogP contribution in [0.1, 0.15) is 56.6 Å². The van der Waals surface area contributed by atoms with Gasteiger partial charge in [0, 0.05) is 6.04 Å². The monoisotopic (exact) mass is 289 g/mol. The van der Waals surface area contributed by atoms with E-state index >= 15 is 0 Å². The van der Waals surface area contributed by atoms with E-state index < -0.39 is 6.10 Å². The number of rotatable bonds is 4. The molecule has 116 valence electrons. The molecule has 2 rings (SSSR count). The first-order chi connectivity index (χ1) is 10.1. The van der Waals surface area contributed by atoms with Crippen LogP contribution in [-0.2, 0) is 4.79 Å². The summed E-state index contributed by atoms with van der Waals surface area (Å²) >= 11 is 0. The third kappa shape index (κ3) is 4.76. The SMILES string of the molecule is Cc1ccc(C)c(O[C@@H](C)C(=O)NC2CCCCCC2)c1. The van der Waals surface area contributed by atoms with E-state index in [2.05, 4.69) is 11.4 Å². The Balaban J connectivity index is 1.91. The lowest BCUT2D eigenvalue weighted by molar-refractivity contribution is -0.128. The van der Waals surface area contributed by atoms with Gasteiger partial charge in [-0.3, -0.25) is 4.79 Å². The van der Waals surface area contributed by atoms with E-state index in [1.165, 1.54) is 25.7 Å². The van der Waals surface area contributed by atoms with Crippen LogP contribution in [0.25, 0.3) is 0 Å². The highest BCUT2D eigenvalue weighted by atomic mass is 16.5. The number of hydrogen-bond donors (Lipinski definition) is 1. The van der Waals surface area contributed by atoms with Gasteiger partial charge >= 0.3 is 0 Å². The Morgan fingerprint density at radius 3 is 2.52 bits per heavy atom. The fourth-order valence-corrected chi connectivity index (χ4v) is 2.82. The average Bonchev–Trinajstić information content (AvgIpc) is 2.71. The number of ether oxygens (including phenoxy) is 1. The van der Waals surface area contributed by atoms with Gasteiger partial charge in [-0.25, -0.2) is 0 Å². The minimum atomic E-state index is -0.450. The number of carbonyl (C=O) groups excluding carboxylic acids is 1. The summed E-state index contributed by atoms with van der Waals surface area (Å²) in [6, 6.07) is 6.40. The summed E-state index contributed by atoms with van der Waals surface area (Å²) in [7, 11) is 0. The van der Waals surface area contributed by atoms with Gasteiger partial charge in [0.2, 0.25) is 0 Å². The molecule has 0 spiro atoms. The molecular formula is C18H27NO2. The first kappa shape index (κ1) is 15.9. The molecule has 0 radical (unpaired) electrons. The summed E-state index contributed by atoms with van der Waals surface area (Å²) in [4.78, 5) is 12.3. The lowest BCUT2D eigenvalue weighted by Gasteiger charge is -2.21. The quantitative estimate of drug-likeness (QED) is 0.853. The topological polar surface area (TPSA) is 38.3 Å². The van der Waals surface area contributed by atoms with Gasteiger partial charge in [0.05, 0.1) is 0 Å². The van der Waals surface area contributed by atoms with E-state index in [4.69, 9.17) is 4.74 Å². The van der Waals surface area contributed by atoms with Gasteiger partial charge in [-0.1, -0.05) is 37.8 Å². The smallest absolute Gasteiger partial charge is 0.260 e. The fraction of sp³-hybridized carbons (Fsp3) is 0.611. The van der Waals surface area contributed by atoms with Crippen molar-refractivity contribution in [3.63, 3.8) is 0 Å². The van der Waals surface area contributed by atoms with Gasteiger partial charge in [0.25, 0.3) is 5.91 Å². The van der Waals surface area contributed by atoms with E-state index in [0.717, 1.165) is 29.7 Å². The van der Waals surface area contributed by atoms with E-state index in [1.807, 2.05) is 32.9 Å². The van der Waals surface area contributed by atoms with Crippen LogP contribution in [-0.4, -0.2) is 18.1 Å². The highest BCUT2D eigenvalue weighted by Crippen LogP contribution is 2.21. The molecule has 1 amide bonds. The van der Waals surface area contributed by atoms with Crippen LogP contribution in [0, 0.1) is 13.8 Å². The number of hydrogen-bond acceptors (Lipinski definition) is 2. The van der Waals surface area contributed by atoms with Crippen molar-refractivity contribution >= 4 is 5.91 Å². The van der Waals surface area contributed by atoms with Crippen molar-refractivity contribution in [3.8, 4) is 5.75 Å². The number of benzene rings is 1. The number of nitrogens with one attached hydrogen (secondary N) is 1. The normalized spacial score (nSPS) is 17.9. The van der Waals surface area contributed by atoms with Gasteiger partial charge in [-0.15, -0.1) is 0 Å². The van der Waals surface area contributed by atoms with Crippen LogP contribution in [0.5, 0.6) is 5.75 Å². The second-order valence-electron chi connectivity index (χ2n) is 6.23. The maximum Gasteiger partial charge on any atom is 0.260 e. The molecular weight excluding hydrogens is 262 g/mol. The van der Waals surface area contributed by atoms with Crippen molar-refractivity contribution in [1.82, 2.24) is 5.32 Å². The predicted octanol–water partition coefficient (Wildman–Crippen LogP) is 3.91. The molecule has 3 heteroatoms. The molecule has 3 nitrogen and oxygen atoms in total. The molecule has 0 heterocycles. The van der Waals surface area contributed by atoms with Crippen molar-refractivity contribution in [1.29, 1.82) is 0 Å². The molecule has 1 fully saturated rings. The van der Waals surface area contributed by atoms with Crippen LogP contribution in [0.4, 0.5) is 0 Å². The Hall–Kier alpha value is -1.51. The fourth-order valence-electron chi connectivity index (χ4n) is 2.82. The van der Waals surface area contributed by atoms with Crippen LogP contribution in [0.3, 0.4) is 0 Å². The van der Waals surface area contributed by atoms with Gasteiger partial charge in [-0.2, -0.15) is 0 Å². The van der Waals surface area contributed by atoms with Gasteiger partial charge in [0.1, 0.15) is 5.75 Å². The lowest BCUT2D eigenvalue weighted by atomic mass is 10.1. The second-order valence-corrected chi connectivity index (χ2v) is 6.23. The highest BCUT2D eigenvalue weighted by Gasteiger charge is 2.20. The molecule has 1 aromatic rings. The zero-order chi connectivity index (χ0) is 15.2. The average molecular weight is 289 g/mol. The summed E-state index contributed by atoms with van der Waals surface area (Å²) in [5, 5.41) is 3.15. The first-order valence-electron chi connectivity index (χ1n) is 8.10. The maximum atomic E-state index is 12.3. The Bertz CT molecular complexity index is 476. The zero-order valence-corrected chi connectivity index (χ0v) is 13.4. The third-order valence-corrected chi connectivity index (χ3v) is 4.22. The van der Waals surface area contributed by atoms with Crippen molar-refractivity contribution < 1.29 is 9.53 Å². The van der Waals surface area contributed by atoms with Crippen molar-refractivity contribution in [3.05, 3.63) is 29.3 Å². The van der Waals surface area contributed by atoms with E-state index in [1.54, 1.807) is 0 Å². The van der Waals surface area contributed by atoms with Crippen LogP contribution < -0.4 is 10.1 Å². The predicted molar refractivity (Wildman–Crippen MR) is 85.6 cm³/mol. The molecule has 1 N–H and O–H groups in total. The molecule has 0 aliphatic heterocycles. The minimum Gasteiger partial charge on any atom is -0.481 e. The van der Waals surface area contributed by atoms with Crippen LogP contribution >= 0.6 is 0 Å². The maximum absolute atomic E-state index is 12.3. The summed E-state index contributed by atoms with van der Waals surface area (Å²) in [5.74, 6) is 0.807. The van der Waals surface area contributed by atoms with Crippen LogP contribution in [0.15, 0.2) is 18.2 Å². The van der Waals surface area contributed by atoms with Gasteiger partial charge < -0.3 is 10.1 Å². The molecule has 21 heavy (non-hydrogen) atoms. The molecule has 0 unspecified atom stereocenters. The van der Waals surface area contributed by atoms with Gasteiger partial charge in [0.15, 0.2) is 6.10 Å². The molecule has 1 saturated carbocycles. The minimum absolute atomic E-state index is 0.00260. The largest absolute Gasteiger partial charge is 0.481 e. The number of aryl methyl sites for hydroxylation is 2. The molecule has 0 saturated heterocycles. The van der Waals surface area contributed by atoms with Crippen molar-refractivity contribution in [2.45, 2.75) is 71.4 Å². The highest BCUT2D eigenvalue weighted by molar-refractivity contribution is 5.81. The molecule has 1 aliphatic rings. The third-order valence-electron chi connectivity index (χ3n) is 4.22. The molecule has 1 aromatic carbocycles. The molecule has 1 aliphatic carbocycles. The number of carbonyl (C=O) groups is 1. The lowest BCUT2D eigenvalue weighted by Crippen LogP contribution is -2.42. The first-order valence-corrected chi connectivity index (χ1v) is 8.10. The van der Waals surface area contributed by atoms with Crippen molar-refractivity contribution in [2.75, 3.05) is 0 Å². The van der Waals surface area contributed by atoms with Gasteiger partial charge in [-0.05, 0) is 50.8 Å². The standard InChI is InChI=1S/C18H27NO2/c1-13-10-11-14(2)17(12-13)21-15(3)18(20)19-16-8-6-4-5-7-9-16/h10-12,15-16H,4-9H2,1-3H3,(H,19,20)/t15-/m0/s1. The molecule has 0 bridgehead atoms. The van der Waals surface area contributed by atoms with Crippen molar-refractivity contribution in [2.24, 2.45) is 0 Å².